The Morgan fingerprint density at radius 1 is 0.356 bits per heavy atom. The summed E-state index contributed by atoms with van der Waals surface area (Å²) in [6.45, 7) is 0. The lowest BCUT2D eigenvalue weighted by molar-refractivity contribution is 0.670. The predicted octanol–water partition coefficient (Wildman–Crippen LogP) is 16.7. The van der Waals surface area contributed by atoms with Gasteiger partial charge in [-0.2, -0.15) is 0 Å². The molecule has 0 aliphatic carbocycles. The molecule has 0 aliphatic rings. The maximum Gasteiger partial charge on any atom is 0.159 e. The van der Waals surface area contributed by atoms with Crippen LogP contribution in [0.4, 0.5) is 17.1 Å². The van der Waals surface area contributed by atoms with E-state index in [0.717, 1.165) is 50.1 Å². The Bertz CT molecular complexity index is 3550. The second kappa shape index (κ2) is 13.6. The van der Waals surface area contributed by atoms with Crippen LogP contribution in [0, 0.1) is 0 Å². The molecule has 0 spiro atoms. The Morgan fingerprint density at radius 3 is 1.69 bits per heavy atom. The Labute approximate surface area is 345 Å². The van der Waals surface area contributed by atoms with E-state index < -0.39 is 0 Å². The van der Waals surface area contributed by atoms with Gasteiger partial charge in [0.2, 0.25) is 0 Å². The molecule has 3 heteroatoms. The quantitative estimate of drug-likeness (QED) is 0.167. The highest BCUT2D eigenvalue weighted by Crippen LogP contribution is 2.50. The first-order valence-corrected chi connectivity index (χ1v) is 20.9. The van der Waals surface area contributed by atoms with Gasteiger partial charge in [0.1, 0.15) is 5.58 Å². The lowest BCUT2D eigenvalue weighted by Gasteiger charge is -2.26. The van der Waals surface area contributed by atoms with Gasteiger partial charge in [0.25, 0.3) is 0 Å². The highest BCUT2D eigenvalue weighted by molar-refractivity contribution is 7.26. The number of fused-ring (bicyclic) bond motifs is 10. The fourth-order valence-corrected chi connectivity index (χ4v) is 10.3. The van der Waals surface area contributed by atoms with Crippen molar-refractivity contribution in [3.8, 4) is 33.4 Å². The molecule has 0 saturated heterocycles. The fourth-order valence-electron chi connectivity index (χ4n) is 9.09. The van der Waals surface area contributed by atoms with E-state index in [1.54, 1.807) is 0 Å². The van der Waals surface area contributed by atoms with E-state index in [4.69, 9.17) is 4.42 Å². The third kappa shape index (κ3) is 5.47. The van der Waals surface area contributed by atoms with E-state index in [1.807, 2.05) is 11.3 Å². The van der Waals surface area contributed by atoms with Crippen molar-refractivity contribution in [2.45, 2.75) is 0 Å². The average Bonchev–Trinajstić information content (AvgIpc) is 3.90. The maximum atomic E-state index is 7.24. The number of thiophene rings is 1. The van der Waals surface area contributed by atoms with Crippen molar-refractivity contribution in [2.24, 2.45) is 0 Å². The van der Waals surface area contributed by atoms with Crippen LogP contribution >= 0.6 is 11.3 Å². The lowest BCUT2D eigenvalue weighted by atomic mass is 9.96. The molecule has 59 heavy (non-hydrogen) atoms. The second-order valence-corrected chi connectivity index (χ2v) is 16.3. The minimum atomic E-state index is 0.860. The van der Waals surface area contributed by atoms with Crippen molar-refractivity contribution in [3.05, 3.63) is 212 Å². The first-order chi connectivity index (χ1) is 29.3. The molecule has 0 fully saturated rings. The van der Waals surface area contributed by atoms with Crippen LogP contribution in [-0.4, -0.2) is 0 Å². The monoisotopic (exact) mass is 769 g/mol. The summed E-state index contributed by atoms with van der Waals surface area (Å²) in [4.78, 5) is 2.42. The standard InChI is InChI=1S/C56H35NOS/c1-3-14-36(15-4-1)40-20-11-21-41(34-40)37-28-31-43(32-29-37)57(50-27-13-25-47-52-44-22-9-7-18-39(44)30-33-51(52)59-56(47)50)49-26-12-24-46-53-45-23-10-8-19-42(45)35-48(55(53)58-54(46)49)38-16-5-2-6-17-38/h1-35H. The van der Waals surface area contributed by atoms with Crippen LogP contribution in [0.25, 0.3) is 97.0 Å². The number of anilines is 3. The molecule has 0 N–H and O–H groups in total. The lowest BCUT2D eigenvalue weighted by Crippen LogP contribution is -2.10. The summed E-state index contributed by atoms with van der Waals surface area (Å²) in [6.07, 6.45) is 0. The number of hydrogen-bond donors (Lipinski definition) is 0. The van der Waals surface area contributed by atoms with Gasteiger partial charge in [0.15, 0.2) is 5.58 Å². The molecule has 2 heterocycles. The van der Waals surface area contributed by atoms with Crippen LogP contribution in [0.3, 0.4) is 0 Å². The summed E-state index contributed by atoms with van der Waals surface area (Å²) in [5.41, 5.74) is 11.9. The van der Waals surface area contributed by atoms with Crippen molar-refractivity contribution < 1.29 is 4.42 Å². The van der Waals surface area contributed by atoms with Crippen LogP contribution in [0.1, 0.15) is 0 Å². The molecule has 0 saturated carbocycles. The van der Waals surface area contributed by atoms with Crippen molar-refractivity contribution in [1.29, 1.82) is 0 Å². The van der Waals surface area contributed by atoms with E-state index in [0.29, 0.717) is 0 Å². The third-order valence-electron chi connectivity index (χ3n) is 11.8. The summed E-state index contributed by atoms with van der Waals surface area (Å²) in [5.74, 6) is 0. The zero-order valence-corrected chi connectivity index (χ0v) is 32.8. The third-order valence-corrected chi connectivity index (χ3v) is 13.0. The van der Waals surface area contributed by atoms with Crippen LogP contribution in [-0.2, 0) is 0 Å². The van der Waals surface area contributed by atoms with E-state index in [9.17, 15) is 0 Å². The number of nitrogens with zero attached hydrogens (tertiary/aromatic N) is 1. The van der Waals surface area contributed by atoms with E-state index >= 15 is 0 Å². The highest BCUT2D eigenvalue weighted by Gasteiger charge is 2.25. The van der Waals surface area contributed by atoms with Crippen molar-refractivity contribution in [2.75, 3.05) is 4.90 Å². The van der Waals surface area contributed by atoms with Crippen LogP contribution in [0.2, 0.25) is 0 Å². The summed E-state index contributed by atoms with van der Waals surface area (Å²) in [5, 5.41) is 9.71. The molecule has 10 aromatic carbocycles. The first-order valence-electron chi connectivity index (χ1n) is 20.1. The Hall–Kier alpha value is -7.46. The Kier molecular flexibility index (Phi) is 7.75. The molecule has 0 unspecified atom stereocenters. The number of furan rings is 1. The Balaban J connectivity index is 1.11. The number of hydrogen-bond acceptors (Lipinski definition) is 3. The minimum Gasteiger partial charge on any atom is -0.453 e. The summed E-state index contributed by atoms with van der Waals surface area (Å²) in [6, 6.07) is 76.7. The molecule has 0 atom stereocenters. The largest absolute Gasteiger partial charge is 0.453 e. The second-order valence-electron chi connectivity index (χ2n) is 15.2. The zero-order valence-electron chi connectivity index (χ0n) is 32.0. The molecule has 0 amide bonds. The van der Waals surface area contributed by atoms with Gasteiger partial charge in [0, 0.05) is 37.5 Å². The fraction of sp³-hybridized carbons (Fsp3) is 0. The van der Waals surface area contributed by atoms with Gasteiger partial charge in [-0.15, -0.1) is 11.3 Å². The summed E-state index contributed by atoms with van der Waals surface area (Å²) in [7, 11) is 0. The molecular formula is C56H35NOS. The van der Waals surface area contributed by atoms with Crippen molar-refractivity contribution >= 4 is 92.1 Å². The molecule has 0 bridgehead atoms. The topological polar surface area (TPSA) is 16.4 Å². The predicted molar refractivity (Wildman–Crippen MR) is 253 cm³/mol. The number of benzene rings is 10. The van der Waals surface area contributed by atoms with E-state index in [2.05, 4.69) is 217 Å². The zero-order chi connectivity index (χ0) is 38.9. The average molecular weight is 770 g/mol. The summed E-state index contributed by atoms with van der Waals surface area (Å²) >= 11 is 1.86. The molecule has 12 aromatic rings. The molecule has 2 nitrogen and oxygen atoms in total. The number of rotatable bonds is 6. The molecule has 2 aromatic heterocycles. The van der Waals surface area contributed by atoms with Gasteiger partial charge >= 0.3 is 0 Å². The van der Waals surface area contributed by atoms with Gasteiger partial charge in [-0.1, -0.05) is 170 Å². The molecule has 0 aliphatic heterocycles. The van der Waals surface area contributed by atoms with Crippen molar-refractivity contribution in [3.63, 3.8) is 0 Å². The molecular weight excluding hydrogens is 735 g/mol. The van der Waals surface area contributed by atoms with E-state index in [1.165, 1.54) is 64.0 Å². The highest BCUT2D eigenvalue weighted by atomic mass is 32.1. The SMILES string of the molecule is c1ccc(-c2cccc(-c3ccc(N(c4cccc5c4oc4c(-c6ccccc6)cc6ccccc6c45)c4cccc5c4sc4ccc6ccccc6c45)cc3)c2)cc1. The van der Waals surface area contributed by atoms with Crippen LogP contribution < -0.4 is 4.90 Å². The Morgan fingerprint density at radius 2 is 0.932 bits per heavy atom. The van der Waals surface area contributed by atoms with Gasteiger partial charge in [-0.05, 0) is 91.8 Å². The summed E-state index contributed by atoms with van der Waals surface area (Å²) < 4.78 is 9.76. The van der Waals surface area contributed by atoms with E-state index in [-0.39, 0.29) is 0 Å². The molecule has 12 rings (SSSR count). The molecule has 276 valence electrons. The van der Waals surface area contributed by atoms with Crippen LogP contribution in [0.15, 0.2) is 217 Å². The maximum absolute atomic E-state index is 7.24. The van der Waals surface area contributed by atoms with Gasteiger partial charge < -0.3 is 9.32 Å². The molecule has 0 radical (unpaired) electrons. The van der Waals surface area contributed by atoms with Gasteiger partial charge in [0.05, 0.1) is 16.1 Å². The van der Waals surface area contributed by atoms with Crippen molar-refractivity contribution in [1.82, 2.24) is 0 Å². The normalized spacial score (nSPS) is 11.7. The minimum absolute atomic E-state index is 0.860. The van der Waals surface area contributed by atoms with Crippen LogP contribution in [0.5, 0.6) is 0 Å². The van der Waals surface area contributed by atoms with Gasteiger partial charge in [-0.25, -0.2) is 0 Å². The van der Waals surface area contributed by atoms with Gasteiger partial charge in [-0.3, -0.25) is 0 Å². The smallest absolute Gasteiger partial charge is 0.159 e. The number of para-hydroxylation sites is 1. The first kappa shape index (κ1) is 33.7.